The second kappa shape index (κ2) is 7.26. The molecule has 0 spiro atoms. The van der Waals surface area contributed by atoms with Crippen LogP contribution in [-0.2, 0) is 4.79 Å². The maximum Gasteiger partial charge on any atom is 0.490 e. The fourth-order valence-electron chi connectivity index (χ4n) is 3.63. The van der Waals surface area contributed by atoms with E-state index in [1.807, 2.05) is 6.07 Å². The predicted octanol–water partition coefficient (Wildman–Crippen LogP) is 3.37. The first-order valence-corrected chi connectivity index (χ1v) is 10.2. The Labute approximate surface area is 174 Å². The van der Waals surface area contributed by atoms with Gasteiger partial charge in [0.15, 0.2) is 5.82 Å². The number of aliphatic carboxylic acids is 1. The molecular weight excluding hydrogens is 475 g/mol. The third-order valence-corrected chi connectivity index (χ3v) is 6.48. The number of hydrogen-bond donors (Lipinski definition) is 3. The third kappa shape index (κ3) is 3.83. The van der Waals surface area contributed by atoms with Crippen molar-refractivity contribution in [2.24, 2.45) is 0 Å². The van der Waals surface area contributed by atoms with Gasteiger partial charge in [0, 0.05) is 39.7 Å². The molecule has 4 N–H and O–H groups in total. The number of benzene rings is 1. The van der Waals surface area contributed by atoms with Crippen LogP contribution in [0.2, 0.25) is 0 Å². The molecule has 0 unspecified atom stereocenters. The molecule has 2 fully saturated rings. The van der Waals surface area contributed by atoms with Crippen molar-refractivity contribution in [1.82, 2.24) is 15.3 Å². The van der Waals surface area contributed by atoms with Crippen molar-refractivity contribution in [3.05, 3.63) is 22.7 Å². The van der Waals surface area contributed by atoms with Crippen LogP contribution in [0.25, 0.3) is 20.3 Å². The van der Waals surface area contributed by atoms with E-state index in [4.69, 9.17) is 15.6 Å². The Morgan fingerprint density at radius 1 is 1.38 bits per heavy atom. The monoisotopic (exact) mass is 489 g/mol. The fourth-order valence-corrected chi connectivity index (χ4v) is 5.33. The minimum absolute atomic E-state index is 0.362. The van der Waals surface area contributed by atoms with Gasteiger partial charge in [-0.15, -0.1) is 11.3 Å². The molecule has 0 saturated carbocycles. The number of halogens is 4. The van der Waals surface area contributed by atoms with Gasteiger partial charge in [-0.25, -0.2) is 9.78 Å². The van der Waals surface area contributed by atoms with E-state index in [1.54, 1.807) is 11.3 Å². The van der Waals surface area contributed by atoms with Crippen LogP contribution in [0.15, 0.2) is 22.7 Å². The number of rotatable bonds is 1. The number of thiophene rings is 1. The van der Waals surface area contributed by atoms with Crippen molar-refractivity contribution < 1.29 is 23.1 Å². The Balaban J connectivity index is 0.000000255. The van der Waals surface area contributed by atoms with Gasteiger partial charge < -0.3 is 21.1 Å². The average molecular weight is 490 g/mol. The molecule has 12 heteroatoms. The Bertz CT molecular complexity index is 1110. The quantitative estimate of drug-likeness (QED) is 0.481. The van der Waals surface area contributed by atoms with E-state index >= 15 is 0 Å². The van der Waals surface area contributed by atoms with Gasteiger partial charge in [-0.1, -0.05) is 22.0 Å². The van der Waals surface area contributed by atoms with Crippen LogP contribution in [0.1, 0.15) is 6.42 Å². The van der Waals surface area contributed by atoms with E-state index in [9.17, 15) is 13.2 Å². The van der Waals surface area contributed by atoms with Gasteiger partial charge in [0.2, 0.25) is 5.95 Å². The summed E-state index contributed by atoms with van der Waals surface area (Å²) < 4.78 is 35.2. The standard InChI is InChI=1S/C15H14BrN5S.C2HF3O2/c16-7-1-2-10-11(3-7)22-13-12(10)19-15(17)20-14(13)21-6-8-4-9(21)5-18-8;3-2(4,5)1(6)7/h1-3,8-9,18H,4-6H2,(H2,17,19,20);(H,6,7)/t8-,9-;/m0./s1. The Hall–Kier alpha value is -2.18. The van der Waals surface area contributed by atoms with Crippen molar-refractivity contribution in [3.8, 4) is 0 Å². The summed E-state index contributed by atoms with van der Waals surface area (Å²) in [6.45, 7) is 2.04. The highest BCUT2D eigenvalue weighted by atomic mass is 79.9. The summed E-state index contributed by atoms with van der Waals surface area (Å²) in [7, 11) is 0. The second-order valence-corrected chi connectivity index (χ2v) is 8.74. The van der Waals surface area contributed by atoms with Gasteiger partial charge >= 0.3 is 12.1 Å². The highest BCUT2D eigenvalue weighted by Crippen LogP contribution is 2.41. The molecule has 2 saturated heterocycles. The molecular formula is C17H15BrF3N5O2S. The molecule has 0 aliphatic carbocycles. The van der Waals surface area contributed by atoms with E-state index in [0.29, 0.717) is 18.0 Å². The number of carboxylic acids is 1. The van der Waals surface area contributed by atoms with Crippen molar-refractivity contribution in [2.45, 2.75) is 24.7 Å². The number of nitrogens with two attached hydrogens (primary N) is 1. The number of nitrogens with one attached hydrogen (secondary N) is 1. The maximum atomic E-state index is 10.6. The van der Waals surface area contributed by atoms with Crippen molar-refractivity contribution in [1.29, 1.82) is 0 Å². The first kappa shape index (κ1) is 20.1. The smallest absolute Gasteiger partial charge is 0.475 e. The number of piperazine rings is 1. The number of nitrogen functional groups attached to an aromatic ring is 1. The molecule has 29 heavy (non-hydrogen) atoms. The van der Waals surface area contributed by atoms with Gasteiger partial charge in [-0.05, 0) is 18.6 Å². The van der Waals surface area contributed by atoms with Gasteiger partial charge in [-0.2, -0.15) is 18.2 Å². The molecule has 0 amide bonds. The number of alkyl halides is 3. The predicted molar refractivity (Wildman–Crippen MR) is 108 cm³/mol. The van der Waals surface area contributed by atoms with E-state index < -0.39 is 12.1 Å². The summed E-state index contributed by atoms with van der Waals surface area (Å²) in [6.07, 6.45) is -3.89. The van der Waals surface area contributed by atoms with Crippen molar-refractivity contribution >= 4 is 65.3 Å². The molecule has 1 aromatic carbocycles. The molecule has 2 bridgehead atoms. The summed E-state index contributed by atoms with van der Waals surface area (Å²) in [5.41, 5.74) is 6.98. The molecule has 2 atom stereocenters. The van der Waals surface area contributed by atoms with Crippen LogP contribution in [0.3, 0.4) is 0 Å². The summed E-state index contributed by atoms with van der Waals surface area (Å²) in [6, 6.07) is 7.40. The number of carbonyl (C=O) groups is 1. The van der Waals surface area contributed by atoms with Crippen LogP contribution in [0.4, 0.5) is 24.9 Å². The number of aromatic nitrogens is 2. The average Bonchev–Trinajstić information content (AvgIpc) is 3.34. The van der Waals surface area contributed by atoms with E-state index in [1.165, 1.54) is 11.1 Å². The largest absolute Gasteiger partial charge is 0.490 e. The molecule has 2 aliphatic heterocycles. The topological polar surface area (TPSA) is 104 Å². The Morgan fingerprint density at radius 3 is 2.69 bits per heavy atom. The first-order valence-electron chi connectivity index (χ1n) is 8.59. The zero-order valence-corrected chi connectivity index (χ0v) is 17.1. The molecule has 154 valence electrons. The van der Waals surface area contributed by atoms with Crippen molar-refractivity contribution in [3.63, 3.8) is 0 Å². The summed E-state index contributed by atoms with van der Waals surface area (Å²) >= 11 is 5.30. The zero-order valence-electron chi connectivity index (χ0n) is 14.7. The van der Waals surface area contributed by atoms with E-state index in [2.05, 4.69) is 48.2 Å². The SMILES string of the molecule is Nc1nc(N2C[C@@H]3C[C@H]2CN3)c2sc3cc(Br)ccc3c2n1.O=C(O)C(F)(F)F. The van der Waals surface area contributed by atoms with Crippen LogP contribution < -0.4 is 16.0 Å². The number of fused-ring (bicyclic) bond motifs is 5. The molecule has 2 aliphatic rings. The second-order valence-electron chi connectivity index (χ2n) is 6.78. The zero-order chi connectivity index (χ0) is 20.9. The van der Waals surface area contributed by atoms with Gasteiger partial charge in [0.05, 0.1) is 10.2 Å². The highest BCUT2D eigenvalue weighted by molar-refractivity contribution is 9.10. The lowest BCUT2D eigenvalue weighted by molar-refractivity contribution is -0.192. The van der Waals surface area contributed by atoms with Gasteiger partial charge in [0.1, 0.15) is 0 Å². The molecule has 4 heterocycles. The summed E-state index contributed by atoms with van der Waals surface area (Å²) in [5.74, 6) is -1.39. The Kier molecular flexibility index (Phi) is 5.03. The highest BCUT2D eigenvalue weighted by Gasteiger charge is 2.39. The lowest BCUT2D eigenvalue weighted by Crippen LogP contribution is -2.44. The molecule has 3 aromatic rings. The van der Waals surface area contributed by atoms with Crippen LogP contribution >= 0.6 is 27.3 Å². The lowest BCUT2D eigenvalue weighted by Gasteiger charge is -2.28. The molecule has 5 rings (SSSR count). The van der Waals surface area contributed by atoms with E-state index in [0.717, 1.165) is 39.0 Å². The molecule has 2 aromatic heterocycles. The van der Waals surface area contributed by atoms with Gasteiger partial charge in [-0.3, -0.25) is 0 Å². The first-order chi connectivity index (χ1) is 13.6. The van der Waals surface area contributed by atoms with Crippen molar-refractivity contribution in [2.75, 3.05) is 23.7 Å². The summed E-state index contributed by atoms with van der Waals surface area (Å²) in [5, 5.41) is 11.8. The lowest BCUT2D eigenvalue weighted by atomic mass is 10.2. The number of hydrogen-bond acceptors (Lipinski definition) is 7. The van der Waals surface area contributed by atoms with Crippen LogP contribution in [0.5, 0.6) is 0 Å². The normalized spacial score (nSPS) is 20.9. The molecule has 7 nitrogen and oxygen atoms in total. The number of anilines is 2. The maximum absolute atomic E-state index is 10.6. The third-order valence-electron chi connectivity index (χ3n) is 4.85. The minimum atomic E-state index is -5.08. The number of carboxylic acid groups (broad SMARTS) is 1. The molecule has 0 radical (unpaired) electrons. The number of nitrogens with zero attached hydrogens (tertiary/aromatic N) is 3. The van der Waals surface area contributed by atoms with Gasteiger partial charge in [0.25, 0.3) is 0 Å². The summed E-state index contributed by atoms with van der Waals surface area (Å²) in [4.78, 5) is 20.4. The fraction of sp³-hybridized carbons (Fsp3) is 0.353. The minimum Gasteiger partial charge on any atom is -0.475 e. The van der Waals surface area contributed by atoms with Crippen LogP contribution in [0, 0.1) is 0 Å². The Morgan fingerprint density at radius 2 is 2.10 bits per heavy atom. The van der Waals surface area contributed by atoms with Crippen LogP contribution in [-0.4, -0.2) is 52.4 Å². The van der Waals surface area contributed by atoms with E-state index in [-0.39, 0.29) is 0 Å².